The lowest BCUT2D eigenvalue weighted by Crippen LogP contribution is -2.30. The van der Waals surface area contributed by atoms with Gasteiger partial charge < -0.3 is 4.74 Å². The van der Waals surface area contributed by atoms with Crippen molar-refractivity contribution in [2.45, 2.75) is 44.7 Å². The molecule has 0 saturated heterocycles. The molecule has 0 N–H and O–H groups in total. The standard InChI is InChI=1S/C22H27N3O3S/c1-5-24-15-14-19(23-24)16-25(20-8-6-18(7-9-20)17(2)3)29(26,27)22-12-10-21(28-4)11-13-22/h6-15,17H,5,16H2,1-4H3. The predicted molar refractivity (Wildman–Crippen MR) is 115 cm³/mol. The molecule has 1 aromatic heterocycles. The number of hydrogen-bond donors (Lipinski definition) is 0. The van der Waals surface area contributed by atoms with E-state index in [-0.39, 0.29) is 11.4 Å². The van der Waals surface area contributed by atoms with Gasteiger partial charge in [-0.2, -0.15) is 5.10 Å². The molecule has 154 valence electrons. The monoisotopic (exact) mass is 413 g/mol. The minimum Gasteiger partial charge on any atom is -0.497 e. The van der Waals surface area contributed by atoms with Crippen LogP contribution in [0.15, 0.2) is 65.7 Å². The highest BCUT2D eigenvalue weighted by atomic mass is 32.2. The fourth-order valence-corrected chi connectivity index (χ4v) is 4.46. The molecule has 0 saturated carbocycles. The molecule has 29 heavy (non-hydrogen) atoms. The first kappa shape index (κ1) is 20.9. The Kier molecular flexibility index (Phi) is 6.27. The summed E-state index contributed by atoms with van der Waals surface area (Å²) >= 11 is 0. The van der Waals surface area contributed by atoms with Crippen molar-refractivity contribution < 1.29 is 13.2 Å². The highest BCUT2D eigenvalue weighted by molar-refractivity contribution is 7.92. The second-order valence-electron chi connectivity index (χ2n) is 7.10. The molecular weight excluding hydrogens is 386 g/mol. The zero-order chi connectivity index (χ0) is 21.0. The van der Waals surface area contributed by atoms with Gasteiger partial charge in [-0.15, -0.1) is 0 Å². The number of hydrogen-bond acceptors (Lipinski definition) is 4. The number of benzene rings is 2. The highest BCUT2D eigenvalue weighted by Crippen LogP contribution is 2.28. The molecule has 0 unspecified atom stereocenters. The second kappa shape index (κ2) is 8.69. The summed E-state index contributed by atoms with van der Waals surface area (Å²) in [7, 11) is -2.23. The van der Waals surface area contributed by atoms with E-state index < -0.39 is 10.0 Å². The average molecular weight is 414 g/mol. The van der Waals surface area contributed by atoms with Gasteiger partial charge in [0.2, 0.25) is 0 Å². The molecule has 0 aliphatic carbocycles. The van der Waals surface area contributed by atoms with E-state index in [0.29, 0.717) is 23.0 Å². The van der Waals surface area contributed by atoms with Crippen molar-refractivity contribution >= 4 is 15.7 Å². The second-order valence-corrected chi connectivity index (χ2v) is 8.96. The smallest absolute Gasteiger partial charge is 0.264 e. The van der Waals surface area contributed by atoms with E-state index in [4.69, 9.17) is 4.74 Å². The van der Waals surface area contributed by atoms with E-state index in [1.807, 2.05) is 43.5 Å². The third-order valence-corrected chi connectivity index (χ3v) is 6.61. The first-order valence-corrected chi connectivity index (χ1v) is 11.1. The van der Waals surface area contributed by atoms with Crippen LogP contribution in [-0.4, -0.2) is 25.3 Å². The molecule has 3 rings (SSSR count). The first-order valence-electron chi connectivity index (χ1n) is 9.64. The number of anilines is 1. The number of methoxy groups -OCH3 is 1. The Morgan fingerprint density at radius 2 is 1.69 bits per heavy atom. The molecule has 0 aliphatic heterocycles. The van der Waals surface area contributed by atoms with E-state index in [9.17, 15) is 8.42 Å². The van der Waals surface area contributed by atoms with Crippen LogP contribution in [0.4, 0.5) is 5.69 Å². The maximum atomic E-state index is 13.5. The molecule has 0 fully saturated rings. The summed E-state index contributed by atoms with van der Waals surface area (Å²) in [5, 5.41) is 4.46. The molecule has 0 spiro atoms. The molecule has 6 nitrogen and oxygen atoms in total. The van der Waals surface area contributed by atoms with Crippen LogP contribution in [-0.2, 0) is 23.1 Å². The number of nitrogens with zero attached hydrogens (tertiary/aromatic N) is 3. The van der Waals surface area contributed by atoms with Gasteiger partial charge in [0.1, 0.15) is 5.75 Å². The molecule has 0 atom stereocenters. The molecule has 0 aliphatic rings. The average Bonchev–Trinajstić information content (AvgIpc) is 3.20. The van der Waals surface area contributed by atoms with Crippen molar-refractivity contribution in [1.82, 2.24) is 9.78 Å². The van der Waals surface area contributed by atoms with Gasteiger partial charge in [-0.05, 0) is 60.9 Å². The van der Waals surface area contributed by atoms with Gasteiger partial charge >= 0.3 is 0 Å². The fourth-order valence-electron chi connectivity index (χ4n) is 3.03. The molecule has 0 radical (unpaired) electrons. The summed E-state index contributed by atoms with van der Waals surface area (Å²) in [6, 6.07) is 15.9. The number of ether oxygens (including phenoxy) is 1. The Hall–Kier alpha value is -2.80. The SMILES string of the molecule is CCn1ccc(CN(c2ccc(C(C)C)cc2)S(=O)(=O)c2ccc(OC)cc2)n1. The lowest BCUT2D eigenvalue weighted by molar-refractivity contribution is 0.414. The zero-order valence-corrected chi connectivity index (χ0v) is 18.1. The number of aromatic nitrogens is 2. The van der Waals surface area contributed by atoms with Crippen molar-refractivity contribution in [2.24, 2.45) is 0 Å². The van der Waals surface area contributed by atoms with Crippen LogP contribution < -0.4 is 9.04 Å². The quantitative estimate of drug-likeness (QED) is 0.548. The van der Waals surface area contributed by atoms with Crippen LogP contribution in [0.1, 0.15) is 37.9 Å². The maximum absolute atomic E-state index is 13.5. The van der Waals surface area contributed by atoms with Gasteiger partial charge in [0.25, 0.3) is 10.0 Å². The third-order valence-electron chi connectivity index (χ3n) is 4.82. The van der Waals surface area contributed by atoms with Crippen LogP contribution in [0.2, 0.25) is 0 Å². The minimum atomic E-state index is -3.78. The minimum absolute atomic E-state index is 0.155. The molecular formula is C22H27N3O3S. The van der Waals surface area contributed by atoms with Crippen molar-refractivity contribution in [3.63, 3.8) is 0 Å². The molecule has 1 heterocycles. The third kappa shape index (κ3) is 4.62. The summed E-state index contributed by atoms with van der Waals surface area (Å²) in [5.74, 6) is 0.981. The molecule has 0 amide bonds. The summed E-state index contributed by atoms with van der Waals surface area (Å²) < 4.78 is 35.3. The summed E-state index contributed by atoms with van der Waals surface area (Å²) in [6.45, 7) is 7.10. The maximum Gasteiger partial charge on any atom is 0.264 e. The molecule has 0 bridgehead atoms. The van der Waals surface area contributed by atoms with Gasteiger partial charge in [-0.3, -0.25) is 8.99 Å². The van der Waals surface area contributed by atoms with Gasteiger partial charge in [-0.1, -0.05) is 26.0 Å². The summed E-state index contributed by atoms with van der Waals surface area (Å²) in [6.07, 6.45) is 1.86. The Balaban J connectivity index is 2.02. The first-order chi connectivity index (χ1) is 13.8. The van der Waals surface area contributed by atoms with Gasteiger partial charge in [0.15, 0.2) is 0 Å². The largest absolute Gasteiger partial charge is 0.497 e. The van der Waals surface area contributed by atoms with E-state index in [1.54, 1.807) is 36.1 Å². The lowest BCUT2D eigenvalue weighted by atomic mass is 10.0. The van der Waals surface area contributed by atoms with Crippen LogP contribution in [0, 0.1) is 0 Å². The Labute approximate surface area is 172 Å². The van der Waals surface area contributed by atoms with Crippen molar-refractivity contribution in [2.75, 3.05) is 11.4 Å². The summed E-state index contributed by atoms with van der Waals surface area (Å²) in [5.41, 5.74) is 2.46. The van der Waals surface area contributed by atoms with Gasteiger partial charge in [0.05, 0.1) is 29.9 Å². The van der Waals surface area contributed by atoms with E-state index >= 15 is 0 Å². The summed E-state index contributed by atoms with van der Waals surface area (Å²) in [4.78, 5) is 0.209. The zero-order valence-electron chi connectivity index (χ0n) is 17.2. The Morgan fingerprint density at radius 3 is 2.21 bits per heavy atom. The van der Waals surface area contributed by atoms with Crippen molar-refractivity contribution in [3.8, 4) is 5.75 Å². The van der Waals surface area contributed by atoms with Crippen molar-refractivity contribution in [1.29, 1.82) is 0 Å². The van der Waals surface area contributed by atoms with E-state index in [0.717, 1.165) is 12.1 Å². The van der Waals surface area contributed by atoms with Crippen LogP contribution in [0.5, 0.6) is 5.75 Å². The normalized spacial score (nSPS) is 11.6. The van der Waals surface area contributed by atoms with Gasteiger partial charge in [-0.25, -0.2) is 8.42 Å². The number of aryl methyl sites for hydroxylation is 1. The van der Waals surface area contributed by atoms with E-state index in [2.05, 4.69) is 18.9 Å². The predicted octanol–water partition coefficient (Wildman–Crippen LogP) is 4.43. The van der Waals surface area contributed by atoms with Crippen LogP contribution >= 0.6 is 0 Å². The molecule has 2 aromatic carbocycles. The lowest BCUT2D eigenvalue weighted by Gasteiger charge is -2.24. The van der Waals surface area contributed by atoms with Crippen molar-refractivity contribution in [3.05, 3.63) is 72.1 Å². The van der Waals surface area contributed by atoms with E-state index in [1.165, 1.54) is 4.31 Å². The number of rotatable bonds is 8. The van der Waals surface area contributed by atoms with Crippen LogP contribution in [0.3, 0.4) is 0 Å². The molecule has 3 aromatic rings. The Bertz CT molecular complexity index is 1040. The van der Waals surface area contributed by atoms with Gasteiger partial charge in [0, 0.05) is 12.7 Å². The molecule has 7 heteroatoms. The fraction of sp³-hybridized carbons (Fsp3) is 0.318. The number of sulfonamides is 1. The topological polar surface area (TPSA) is 64.4 Å². The highest BCUT2D eigenvalue weighted by Gasteiger charge is 2.26. The van der Waals surface area contributed by atoms with Crippen LogP contribution in [0.25, 0.3) is 0 Å². The Morgan fingerprint density at radius 1 is 1.03 bits per heavy atom.